The number of anilines is 1. The molecule has 2 aliphatic rings. The molecule has 0 spiro atoms. The molecule has 1 aromatic rings. The quantitative estimate of drug-likeness (QED) is 0.908. The molecule has 1 atom stereocenters. The van der Waals surface area contributed by atoms with Gasteiger partial charge in [-0.3, -0.25) is 0 Å². The second-order valence-corrected chi connectivity index (χ2v) is 6.72. The van der Waals surface area contributed by atoms with Gasteiger partial charge in [-0.15, -0.1) is 0 Å². The Balaban J connectivity index is 2.02. The summed E-state index contributed by atoms with van der Waals surface area (Å²) in [4.78, 5) is 2.42. The van der Waals surface area contributed by atoms with Crippen molar-refractivity contribution in [1.82, 2.24) is 0 Å². The lowest BCUT2D eigenvalue weighted by atomic mass is 9.88. The Morgan fingerprint density at radius 2 is 1.68 bits per heavy atom. The van der Waals surface area contributed by atoms with Gasteiger partial charge in [0.25, 0.3) is 0 Å². The van der Waals surface area contributed by atoms with Crippen LogP contribution in [0.3, 0.4) is 0 Å². The first-order chi connectivity index (χ1) is 10.6. The van der Waals surface area contributed by atoms with E-state index in [0.717, 1.165) is 43.1 Å². The lowest BCUT2D eigenvalue weighted by Crippen LogP contribution is -2.33. The van der Waals surface area contributed by atoms with E-state index in [2.05, 4.69) is 24.0 Å². The molecular formula is C18H28N2O2. The summed E-state index contributed by atoms with van der Waals surface area (Å²) in [5.41, 5.74) is 8.69. The fourth-order valence-electron chi connectivity index (χ4n) is 3.76. The molecule has 22 heavy (non-hydrogen) atoms. The minimum Gasteiger partial charge on any atom is -0.496 e. The second kappa shape index (κ2) is 5.99. The van der Waals surface area contributed by atoms with Crippen LogP contribution in [0.15, 0.2) is 12.1 Å². The van der Waals surface area contributed by atoms with Gasteiger partial charge < -0.3 is 20.1 Å². The van der Waals surface area contributed by atoms with E-state index in [1.807, 2.05) is 0 Å². The summed E-state index contributed by atoms with van der Waals surface area (Å²) in [6.07, 6.45) is 6.08. The zero-order chi connectivity index (χ0) is 15.7. The lowest BCUT2D eigenvalue weighted by Gasteiger charge is -2.32. The third-order valence-electron chi connectivity index (χ3n) is 5.39. The summed E-state index contributed by atoms with van der Waals surface area (Å²) in [5.74, 6) is 1.90. The molecule has 2 fully saturated rings. The molecule has 4 nitrogen and oxygen atoms in total. The molecule has 1 aromatic carbocycles. The smallest absolute Gasteiger partial charge is 0.142 e. The number of hydrogen-bond acceptors (Lipinski definition) is 4. The van der Waals surface area contributed by atoms with Crippen molar-refractivity contribution in [1.29, 1.82) is 0 Å². The molecule has 3 rings (SSSR count). The standard InChI is InChI=1S/C18H28N2O2/c1-13(19)18(7-8-18)14-11-17(22-3)15(12-16(14)21-2)20-9-5-4-6-10-20/h11-13H,4-10,19H2,1-3H3. The van der Waals surface area contributed by atoms with E-state index in [1.165, 1.54) is 24.8 Å². The number of ether oxygens (including phenoxy) is 2. The van der Waals surface area contributed by atoms with E-state index < -0.39 is 0 Å². The van der Waals surface area contributed by atoms with E-state index in [0.29, 0.717) is 0 Å². The number of nitrogens with zero attached hydrogens (tertiary/aromatic N) is 1. The van der Waals surface area contributed by atoms with Crippen LogP contribution in [0, 0.1) is 0 Å². The number of nitrogens with two attached hydrogens (primary N) is 1. The van der Waals surface area contributed by atoms with E-state index in [-0.39, 0.29) is 11.5 Å². The van der Waals surface area contributed by atoms with Crippen LogP contribution in [0.25, 0.3) is 0 Å². The van der Waals surface area contributed by atoms with Crippen molar-refractivity contribution < 1.29 is 9.47 Å². The zero-order valence-electron chi connectivity index (χ0n) is 14.0. The molecule has 0 amide bonds. The molecule has 1 aliphatic heterocycles. The van der Waals surface area contributed by atoms with Crippen molar-refractivity contribution in [2.45, 2.75) is 50.5 Å². The van der Waals surface area contributed by atoms with Gasteiger partial charge in [-0.05, 0) is 45.1 Å². The second-order valence-electron chi connectivity index (χ2n) is 6.72. The highest BCUT2D eigenvalue weighted by atomic mass is 16.5. The molecular weight excluding hydrogens is 276 g/mol. The Morgan fingerprint density at radius 3 is 2.18 bits per heavy atom. The van der Waals surface area contributed by atoms with Gasteiger partial charge in [-0.2, -0.15) is 0 Å². The Bertz CT molecular complexity index is 532. The molecule has 1 saturated heterocycles. The van der Waals surface area contributed by atoms with Gasteiger partial charge in [0.2, 0.25) is 0 Å². The number of benzene rings is 1. The van der Waals surface area contributed by atoms with Crippen molar-refractivity contribution in [3.05, 3.63) is 17.7 Å². The van der Waals surface area contributed by atoms with Gasteiger partial charge in [0.15, 0.2) is 0 Å². The van der Waals surface area contributed by atoms with Crippen LogP contribution in [-0.2, 0) is 5.41 Å². The normalized spacial score (nSPS) is 21.4. The molecule has 1 heterocycles. The SMILES string of the molecule is COc1cc(C2(C(C)N)CC2)c(OC)cc1N1CCCCC1. The molecule has 4 heteroatoms. The van der Waals surface area contributed by atoms with Gasteiger partial charge in [0, 0.05) is 36.2 Å². The lowest BCUT2D eigenvalue weighted by molar-refractivity contribution is 0.388. The molecule has 1 unspecified atom stereocenters. The summed E-state index contributed by atoms with van der Waals surface area (Å²) in [6.45, 7) is 4.28. The van der Waals surface area contributed by atoms with Crippen molar-refractivity contribution in [2.24, 2.45) is 5.73 Å². The Kier molecular flexibility index (Phi) is 4.22. The number of hydrogen-bond donors (Lipinski definition) is 1. The highest BCUT2D eigenvalue weighted by molar-refractivity contribution is 5.66. The van der Waals surface area contributed by atoms with Gasteiger partial charge in [-0.1, -0.05) is 0 Å². The maximum Gasteiger partial charge on any atom is 0.142 e. The molecule has 1 aliphatic carbocycles. The summed E-state index contributed by atoms with van der Waals surface area (Å²) < 4.78 is 11.4. The average Bonchev–Trinajstić information content (AvgIpc) is 3.36. The van der Waals surface area contributed by atoms with Crippen molar-refractivity contribution in [3.63, 3.8) is 0 Å². The molecule has 0 aromatic heterocycles. The highest BCUT2D eigenvalue weighted by Gasteiger charge is 2.49. The monoisotopic (exact) mass is 304 g/mol. The topological polar surface area (TPSA) is 47.7 Å². The summed E-state index contributed by atoms with van der Waals surface area (Å²) >= 11 is 0. The van der Waals surface area contributed by atoms with Gasteiger partial charge in [0.1, 0.15) is 11.5 Å². The summed E-state index contributed by atoms with van der Waals surface area (Å²) in [5, 5.41) is 0. The number of piperidine rings is 1. The van der Waals surface area contributed by atoms with Gasteiger partial charge in [0.05, 0.1) is 19.9 Å². The predicted octanol–water partition coefficient (Wildman–Crippen LogP) is 3.07. The van der Waals surface area contributed by atoms with Crippen LogP contribution in [0.1, 0.15) is 44.6 Å². The van der Waals surface area contributed by atoms with Crippen LogP contribution in [0.2, 0.25) is 0 Å². The fraction of sp³-hybridized carbons (Fsp3) is 0.667. The highest BCUT2D eigenvalue weighted by Crippen LogP contribution is 2.55. The van der Waals surface area contributed by atoms with Crippen molar-refractivity contribution >= 4 is 5.69 Å². The first-order valence-corrected chi connectivity index (χ1v) is 8.39. The Hall–Kier alpha value is -1.42. The molecule has 122 valence electrons. The number of rotatable bonds is 5. The largest absolute Gasteiger partial charge is 0.496 e. The molecule has 0 bridgehead atoms. The third-order valence-corrected chi connectivity index (χ3v) is 5.39. The minimum atomic E-state index is 0.0685. The van der Waals surface area contributed by atoms with E-state index >= 15 is 0 Å². The molecule has 0 radical (unpaired) electrons. The van der Waals surface area contributed by atoms with Gasteiger partial charge >= 0.3 is 0 Å². The van der Waals surface area contributed by atoms with Crippen molar-refractivity contribution in [3.8, 4) is 11.5 Å². The predicted molar refractivity (Wildman–Crippen MR) is 90.2 cm³/mol. The van der Waals surface area contributed by atoms with Crippen LogP contribution >= 0.6 is 0 Å². The Morgan fingerprint density at radius 1 is 1.05 bits per heavy atom. The van der Waals surface area contributed by atoms with E-state index in [1.54, 1.807) is 14.2 Å². The van der Waals surface area contributed by atoms with Crippen LogP contribution in [-0.4, -0.2) is 33.4 Å². The van der Waals surface area contributed by atoms with E-state index in [4.69, 9.17) is 15.2 Å². The Labute approximate surface area is 133 Å². The zero-order valence-corrected chi connectivity index (χ0v) is 14.0. The van der Waals surface area contributed by atoms with Crippen LogP contribution < -0.4 is 20.1 Å². The minimum absolute atomic E-state index is 0.0685. The maximum absolute atomic E-state index is 6.25. The summed E-state index contributed by atoms with van der Waals surface area (Å²) in [6, 6.07) is 4.45. The van der Waals surface area contributed by atoms with Crippen molar-refractivity contribution in [2.75, 3.05) is 32.2 Å². The van der Waals surface area contributed by atoms with Gasteiger partial charge in [-0.25, -0.2) is 0 Å². The maximum atomic E-state index is 6.25. The summed E-state index contributed by atoms with van der Waals surface area (Å²) in [7, 11) is 3.51. The first-order valence-electron chi connectivity index (χ1n) is 8.39. The van der Waals surface area contributed by atoms with Crippen LogP contribution in [0.4, 0.5) is 5.69 Å². The van der Waals surface area contributed by atoms with E-state index in [9.17, 15) is 0 Å². The fourth-order valence-corrected chi connectivity index (χ4v) is 3.76. The molecule has 2 N–H and O–H groups in total. The average molecular weight is 304 g/mol. The first kappa shape index (κ1) is 15.5. The third kappa shape index (κ3) is 2.54. The van der Waals surface area contributed by atoms with Crippen LogP contribution in [0.5, 0.6) is 11.5 Å². The molecule has 1 saturated carbocycles. The number of methoxy groups -OCH3 is 2.